The first-order valence-corrected chi connectivity index (χ1v) is 9.87. The van der Waals surface area contributed by atoms with Crippen LogP contribution in [0.15, 0.2) is 23.4 Å². The highest BCUT2D eigenvalue weighted by molar-refractivity contribution is 5.92. The molecule has 0 unspecified atom stereocenters. The minimum atomic E-state index is -3.49. The number of aliphatic carboxylic acids is 1. The Bertz CT molecular complexity index is 959. The second-order valence-electron chi connectivity index (χ2n) is 7.94. The number of nitrogens with one attached hydrogen (secondary N) is 1. The van der Waals surface area contributed by atoms with Crippen LogP contribution >= 0.6 is 0 Å². The number of nitrogens with zero attached hydrogens (tertiary/aromatic N) is 2. The van der Waals surface area contributed by atoms with Crippen molar-refractivity contribution in [2.75, 3.05) is 19.6 Å². The molecule has 0 spiro atoms. The van der Waals surface area contributed by atoms with Crippen LogP contribution in [0.3, 0.4) is 0 Å². The molecule has 11 heteroatoms. The molecular weight excluding hydrogens is 432 g/mol. The van der Waals surface area contributed by atoms with E-state index in [2.05, 4.69) is 0 Å². The maximum absolute atomic E-state index is 13.7. The predicted octanol–water partition coefficient (Wildman–Crippen LogP) is 2.67. The molecule has 0 aliphatic carbocycles. The lowest BCUT2D eigenvalue weighted by atomic mass is 9.98. The molecule has 4 N–H and O–H groups in total. The summed E-state index contributed by atoms with van der Waals surface area (Å²) in [5.74, 6) is -8.33. The monoisotopic (exact) mass is 458 g/mol. The third kappa shape index (κ3) is 5.84. The molecule has 1 atom stereocenters. The first-order valence-electron chi connectivity index (χ1n) is 9.87. The number of benzene rings is 1. The summed E-state index contributed by atoms with van der Waals surface area (Å²) in [7, 11) is 0. The second-order valence-corrected chi connectivity index (χ2v) is 7.94. The SMILES string of the molecule is C/C(C(=O)O)=C1/CN(C(=O)C[C@H](N)Cc2cc(F)c(F)cc2C)CCN1C(=N)C(C)(F)F. The maximum atomic E-state index is 13.7. The van der Waals surface area contributed by atoms with Gasteiger partial charge in [-0.2, -0.15) is 8.78 Å². The van der Waals surface area contributed by atoms with Gasteiger partial charge in [0.05, 0.1) is 12.1 Å². The van der Waals surface area contributed by atoms with E-state index in [1.165, 1.54) is 11.8 Å². The molecule has 1 heterocycles. The number of carbonyl (C=O) groups is 2. The van der Waals surface area contributed by atoms with Crippen LogP contribution in [0.25, 0.3) is 0 Å². The summed E-state index contributed by atoms with van der Waals surface area (Å²) in [5.41, 5.74) is 6.65. The first-order chi connectivity index (χ1) is 14.7. The van der Waals surface area contributed by atoms with Gasteiger partial charge in [0, 0.05) is 38.2 Å². The van der Waals surface area contributed by atoms with E-state index in [1.54, 1.807) is 6.92 Å². The summed E-state index contributed by atoms with van der Waals surface area (Å²) in [4.78, 5) is 26.4. The standard InChI is InChI=1S/C21H26F4N4O3/c1-11-6-15(22)16(23)8-13(11)7-14(26)9-18(30)28-4-5-29(20(27)21(3,24)25)17(10-28)12(2)19(31)32/h6,8,14,27H,4-5,7,9-10,26H2,1-3H3,(H,31,32)/b17-12+,27-20?/t14-/m1/s1. The Labute approximate surface area is 183 Å². The Morgan fingerprint density at radius 3 is 2.41 bits per heavy atom. The van der Waals surface area contributed by atoms with E-state index in [9.17, 15) is 32.3 Å². The molecule has 1 fully saturated rings. The highest BCUT2D eigenvalue weighted by Crippen LogP contribution is 2.25. The minimum absolute atomic E-state index is 0.00931. The number of alkyl halides is 2. The van der Waals surface area contributed by atoms with Gasteiger partial charge in [-0.1, -0.05) is 0 Å². The van der Waals surface area contributed by atoms with Crippen LogP contribution < -0.4 is 5.73 Å². The van der Waals surface area contributed by atoms with Gasteiger partial charge in [-0.15, -0.1) is 0 Å². The summed E-state index contributed by atoms with van der Waals surface area (Å²) in [6, 6.07) is 1.35. The number of carboxylic acid groups (broad SMARTS) is 1. The molecule has 0 radical (unpaired) electrons. The summed E-state index contributed by atoms with van der Waals surface area (Å²) < 4.78 is 54.2. The lowest BCUT2D eigenvalue weighted by Gasteiger charge is -2.40. The Morgan fingerprint density at radius 1 is 1.25 bits per heavy atom. The number of carbonyl (C=O) groups excluding carboxylic acids is 1. The highest BCUT2D eigenvalue weighted by atomic mass is 19.3. The van der Waals surface area contributed by atoms with Crippen LogP contribution in [-0.2, 0) is 16.0 Å². The number of piperazine rings is 1. The lowest BCUT2D eigenvalue weighted by Crippen LogP contribution is -2.53. The van der Waals surface area contributed by atoms with Crippen LogP contribution in [0.1, 0.15) is 31.4 Å². The molecule has 0 bridgehead atoms. The van der Waals surface area contributed by atoms with Crippen molar-refractivity contribution in [2.24, 2.45) is 5.73 Å². The Balaban J connectivity index is 2.14. The largest absolute Gasteiger partial charge is 0.478 e. The van der Waals surface area contributed by atoms with Gasteiger partial charge >= 0.3 is 11.9 Å². The van der Waals surface area contributed by atoms with E-state index in [4.69, 9.17) is 11.1 Å². The topological polar surface area (TPSA) is 111 Å². The number of hydrogen-bond donors (Lipinski definition) is 3. The fourth-order valence-corrected chi connectivity index (χ4v) is 3.46. The molecule has 1 aromatic rings. The molecule has 7 nitrogen and oxygen atoms in total. The number of hydrogen-bond acceptors (Lipinski definition) is 4. The van der Waals surface area contributed by atoms with E-state index in [0.29, 0.717) is 18.1 Å². The number of nitrogens with two attached hydrogens (primary N) is 1. The number of halogens is 4. The second kappa shape index (κ2) is 9.68. The number of aryl methyl sites for hydroxylation is 1. The van der Waals surface area contributed by atoms with Crippen molar-refractivity contribution in [2.45, 2.75) is 45.6 Å². The molecule has 1 saturated heterocycles. The average Bonchev–Trinajstić information content (AvgIpc) is 2.69. The normalized spacial score (nSPS) is 17.2. The van der Waals surface area contributed by atoms with Gasteiger partial charge in [-0.05, 0) is 43.5 Å². The van der Waals surface area contributed by atoms with Crippen molar-refractivity contribution in [3.63, 3.8) is 0 Å². The zero-order chi connectivity index (χ0) is 24.4. The number of amides is 1. The predicted molar refractivity (Wildman–Crippen MR) is 109 cm³/mol. The highest BCUT2D eigenvalue weighted by Gasteiger charge is 2.38. The molecule has 2 rings (SSSR count). The lowest BCUT2D eigenvalue weighted by molar-refractivity contribution is -0.134. The molecule has 176 valence electrons. The van der Waals surface area contributed by atoms with E-state index >= 15 is 0 Å². The zero-order valence-electron chi connectivity index (χ0n) is 18.0. The quantitative estimate of drug-likeness (QED) is 0.263. The smallest absolute Gasteiger partial charge is 0.333 e. The van der Waals surface area contributed by atoms with Gasteiger partial charge in [0.1, 0.15) is 0 Å². The van der Waals surface area contributed by atoms with Crippen LogP contribution in [0.5, 0.6) is 0 Å². The van der Waals surface area contributed by atoms with Gasteiger partial charge in [-0.25, -0.2) is 13.6 Å². The number of carboxylic acids is 1. The van der Waals surface area contributed by atoms with Crippen LogP contribution in [-0.4, -0.2) is 64.2 Å². The molecular formula is C21H26F4N4O3. The minimum Gasteiger partial charge on any atom is -0.478 e. The van der Waals surface area contributed by atoms with Crippen LogP contribution in [0, 0.1) is 24.0 Å². The Hall–Kier alpha value is -2.95. The molecule has 1 aromatic carbocycles. The molecule has 1 amide bonds. The van der Waals surface area contributed by atoms with E-state index in [0.717, 1.165) is 17.0 Å². The number of amidine groups is 1. The molecule has 0 aromatic heterocycles. The van der Waals surface area contributed by atoms with Crippen molar-refractivity contribution >= 4 is 17.7 Å². The zero-order valence-corrected chi connectivity index (χ0v) is 18.0. The Morgan fingerprint density at radius 2 is 1.84 bits per heavy atom. The summed E-state index contributed by atoms with van der Waals surface area (Å²) in [5, 5.41) is 17.0. The van der Waals surface area contributed by atoms with E-state index < -0.39 is 41.3 Å². The van der Waals surface area contributed by atoms with Crippen molar-refractivity contribution in [1.29, 1.82) is 5.41 Å². The van der Waals surface area contributed by atoms with Gasteiger partial charge in [0.15, 0.2) is 17.5 Å². The molecule has 1 aliphatic rings. The van der Waals surface area contributed by atoms with Crippen LogP contribution in [0.2, 0.25) is 0 Å². The Kier molecular flexibility index (Phi) is 7.66. The van der Waals surface area contributed by atoms with Gasteiger partial charge in [0.25, 0.3) is 0 Å². The van der Waals surface area contributed by atoms with Crippen molar-refractivity contribution in [3.05, 3.63) is 46.2 Å². The summed E-state index contributed by atoms with van der Waals surface area (Å²) in [6.45, 7) is 2.90. The van der Waals surface area contributed by atoms with Gasteiger partial charge in [-0.3, -0.25) is 10.2 Å². The van der Waals surface area contributed by atoms with E-state index in [-0.39, 0.29) is 43.7 Å². The molecule has 32 heavy (non-hydrogen) atoms. The van der Waals surface area contributed by atoms with Gasteiger partial charge in [0.2, 0.25) is 5.91 Å². The van der Waals surface area contributed by atoms with Gasteiger partial charge < -0.3 is 20.6 Å². The number of rotatable bonds is 6. The van der Waals surface area contributed by atoms with Crippen molar-refractivity contribution in [3.8, 4) is 0 Å². The first kappa shape index (κ1) is 25.3. The maximum Gasteiger partial charge on any atom is 0.333 e. The molecule has 0 saturated carbocycles. The third-order valence-electron chi connectivity index (χ3n) is 5.35. The summed E-state index contributed by atoms with van der Waals surface area (Å²) in [6.07, 6.45) is -0.0580. The van der Waals surface area contributed by atoms with E-state index in [1.807, 2.05) is 0 Å². The fourth-order valence-electron chi connectivity index (χ4n) is 3.46. The van der Waals surface area contributed by atoms with Crippen LogP contribution in [0.4, 0.5) is 17.6 Å². The fraction of sp³-hybridized carbons (Fsp3) is 0.476. The molecule has 1 aliphatic heterocycles. The summed E-state index contributed by atoms with van der Waals surface area (Å²) >= 11 is 0. The third-order valence-corrected chi connectivity index (χ3v) is 5.35. The average molecular weight is 458 g/mol. The van der Waals surface area contributed by atoms with Crippen molar-refractivity contribution in [1.82, 2.24) is 9.80 Å². The van der Waals surface area contributed by atoms with Crippen molar-refractivity contribution < 1.29 is 32.3 Å².